The molecule has 3 heteroatoms. The van der Waals surface area contributed by atoms with Crippen molar-refractivity contribution in [3.05, 3.63) is 71.8 Å². The summed E-state index contributed by atoms with van der Waals surface area (Å²) in [6, 6.07) is 20.1. The summed E-state index contributed by atoms with van der Waals surface area (Å²) in [7, 11) is 0. The second kappa shape index (κ2) is 7.42. The number of hydrogen-bond donors (Lipinski definition) is 1. The lowest BCUT2D eigenvalue weighted by molar-refractivity contribution is -0.133. The Kier molecular flexibility index (Phi) is 5.09. The third-order valence-electron chi connectivity index (χ3n) is 4.69. The Balaban J connectivity index is 1.54. The summed E-state index contributed by atoms with van der Waals surface area (Å²) >= 11 is 0. The molecule has 3 rings (SSSR count). The summed E-state index contributed by atoms with van der Waals surface area (Å²) in [4.78, 5) is 14.5. The maximum atomic E-state index is 12.5. The van der Waals surface area contributed by atoms with Gasteiger partial charge in [-0.05, 0) is 36.3 Å². The van der Waals surface area contributed by atoms with Gasteiger partial charge in [0.15, 0.2) is 0 Å². The SMILES string of the molecule is N[C@@H](Cc1ccccc1)C(=O)N1CCC(c2ccccc2)CC1. The van der Waals surface area contributed by atoms with Crippen molar-refractivity contribution in [2.45, 2.75) is 31.2 Å². The van der Waals surface area contributed by atoms with Gasteiger partial charge in [0.2, 0.25) is 5.91 Å². The predicted octanol–water partition coefficient (Wildman–Crippen LogP) is 2.96. The van der Waals surface area contributed by atoms with Crippen molar-refractivity contribution < 1.29 is 4.79 Å². The molecule has 1 aliphatic heterocycles. The number of benzene rings is 2. The molecule has 120 valence electrons. The van der Waals surface area contributed by atoms with Crippen molar-refractivity contribution >= 4 is 5.91 Å². The van der Waals surface area contributed by atoms with Crippen LogP contribution in [0.5, 0.6) is 0 Å². The first kappa shape index (κ1) is 15.8. The Labute approximate surface area is 138 Å². The zero-order valence-electron chi connectivity index (χ0n) is 13.4. The van der Waals surface area contributed by atoms with Gasteiger partial charge in [-0.1, -0.05) is 60.7 Å². The number of carbonyl (C=O) groups is 1. The van der Waals surface area contributed by atoms with Crippen molar-refractivity contribution in [2.75, 3.05) is 13.1 Å². The van der Waals surface area contributed by atoms with Crippen LogP contribution in [-0.4, -0.2) is 29.9 Å². The number of carbonyl (C=O) groups excluding carboxylic acids is 1. The van der Waals surface area contributed by atoms with Gasteiger partial charge in [0.25, 0.3) is 0 Å². The summed E-state index contributed by atoms with van der Waals surface area (Å²) in [6.07, 6.45) is 2.65. The van der Waals surface area contributed by atoms with E-state index in [4.69, 9.17) is 5.73 Å². The number of hydrogen-bond acceptors (Lipinski definition) is 2. The van der Waals surface area contributed by atoms with Crippen LogP contribution in [0.1, 0.15) is 29.9 Å². The van der Waals surface area contributed by atoms with Gasteiger partial charge in [0.05, 0.1) is 6.04 Å². The van der Waals surface area contributed by atoms with E-state index in [-0.39, 0.29) is 5.91 Å². The molecule has 0 aliphatic carbocycles. The molecule has 0 aromatic heterocycles. The third kappa shape index (κ3) is 3.99. The fourth-order valence-corrected chi connectivity index (χ4v) is 3.35. The molecule has 2 aromatic rings. The van der Waals surface area contributed by atoms with Gasteiger partial charge in [0, 0.05) is 13.1 Å². The Morgan fingerprint density at radius 3 is 2.17 bits per heavy atom. The maximum absolute atomic E-state index is 12.5. The van der Waals surface area contributed by atoms with Crippen LogP contribution in [0.25, 0.3) is 0 Å². The molecule has 2 N–H and O–H groups in total. The zero-order chi connectivity index (χ0) is 16.1. The smallest absolute Gasteiger partial charge is 0.239 e. The average molecular weight is 308 g/mol. The summed E-state index contributed by atoms with van der Waals surface area (Å²) in [6.45, 7) is 1.61. The van der Waals surface area contributed by atoms with Gasteiger partial charge in [-0.25, -0.2) is 0 Å². The summed E-state index contributed by atoms with van der Waals surface area (Å²) < 4.78 is 0. The molecule has 3 nitrogen and oxygen atoms in total. The third-order valence-corrected chi connectivity index (χ3v) is 4.69. The van der Waals surface area contributed by atoms with E-state index in [2.05, 4.69) is 24.3 Å². The zero-order valence-corrected chi connectivity index (χ0v) is 13.4. The van der Waals surface area contributed by atoms with Crippen LogP contribution < -0.4 is 5.73 Å². The van der Waals surface area contributed by atoms with Crippen LogP contribution >= 0.6 is 0 Å². The Hall–Kier alpha value is -2.13. The second-order valence-corrected chi connectivity index (χ2v) is 6.31. The fraction of sp³-hybridized carbons (Fsp3) is 0.350. The van der Waals surface area contributed by atoms with E-state index < -0.39 is 6.04 Å². The van der Waals surface area contributed by atoms with Gasteiger partial charge >= 0.3 is 0 Å². The van der Waals surface area contributed by atoms with Gasteiger partial charge in [-0.2, -0.15) is 0 Å². The minimum absolute atomic E-state index is 0.0837. The van der Waals surface area contributed by atoms with E-state index in [1.807, 2.05) is 41.3 Å². The monoisotopic (exact) mass is 308 g/mol. The molecule has 0 saturated carbocycles. The summed E-state index contributed by atoms with van der Waals surface area (Å²) in [5, 5.41) is 0. The molecule has 1 amide bonds. The molecule has 2 aromatic carbocycles. The van der Waals surface area contributed by atoms with Crippen molar-refractivity contribution in [3.8, 4) is 0 Å². The van der Waals surface area contributed by atoms with Gasteiger partial charge < -0.3 is 10.6 Å². The molecule has 1 heterocycles. The number of amides is 1. The lowest BCUT2D eigenvalue weighted by Gasteiger charge is -2.33. The van der Waals surface area contributed by atoms with E-state index in [9.17, 15) is 4.79 Å². The van der Waals surface area contributed by atoms with Crippen molar-refractivity contribution in [3.63, 3.8) is 0 Å². The van der Waals surface area contributed by atoms with Crippen LogP contribution in [0, 0.1) is 0 Å². The first-order valence-electron chi connectivity index (χ1n) is 8.37. The molecular formula is C20H24N2O. The second-order valence-electron chi connectivity index (χ2n) is 6.31. The molecule has 23 heavy (non-hydrogen) atoms. The van der Waals surface area contributed by atoms with E-state index in [1.54, 1.807) is 0 Å². The standard InChI is InChI=1S/C20H24N2O/c21-19(15-16-7-3-1-4-8-16)20(23)22-13-11-18(12-14-22)17-9-5-2-6-10-17/h1-10,18-19H,11-15,21H2/t19-/m0/s1. The Morgan fingerprint density at radius 1 is 1.00 bits per heavy atom. The van der Waals surface area contributed by atoms with E-state index in [1.165, 1.54) is 5.56 Å². The molecule has 1 fully saturated rings. The lowest BCUT2D eigenvalue weighted by atomic mass is 9.89. The minimum atomic E-state index is -0.439. The maximum Gasteiger partial charge on any atom is 0.239 e. The van der Waals surface area contributed by atoms with Crippen LogP contribution in [0.3, 0.4) is 0 Å². The van der Waals surface area contributed by atoms with Gasteiger partial charge in [-0.3, -0.25) is 4.79 Å². The van der Waals surface area contributed by atoms with Crippen molar-refractivity contribution in [1.29, 1.82) is 0 Å². The van der Waals surface area contributed by atoms with E-state index in [0.717, 1.165) is 31.5 Å². The predicted molar refractivity (Wildman–Crippen MR) is 93.1 cm³/mol. The average Bonchev–Trinajstić information content (AvgIpc) is 2.63. The normalized spacial score (nSPS) is 17.0. The van der Waals surface area contributed by atoms with Gasteiger partial charge in [-0.15, -0.1) is 0 Å². The highest BCUT2D eigenvalue weighted by atomic mass is 16.2. The summed E-state index contributed by atoms with van der Waals surface area (Å²) in [5.74, 6) is 0.644. The molecule has 0 unspecified atom stereocenters. The Morgan fingerprint density at radius 2 is 1.57 bits per heavy atom. The number of nitrogens with two attached hydrogens (primary N) is 1. The van der Waals surface area contributed by atoms with Crippen LogP contribution in [0.2, 0.25) is 0 Å². The number of likely N-dealkylation sites (tertiary alicyclic amines) is 1. The first-order valence-corrected chi connectivity index (χ1v) is 8.37. The molecule has 1 aliphatic rings. The highest BCUT2D eigenvalue weighted by Gasteiger charge is 2.26. The van der Waals surface area contributed by atoms with Gasteiger partial charge in [0.1, 0.15) is 0 Å². The molecule has 1 saturated heterocycles. The van der Waals surface area contributed by atoms with Crippen LogP contribution in [-0.2, 0) is 11.2 Å². The first-order chi connectivity index (χ1) is 11.2. The minimum Gasteiger partial charge on any atom is -0.341 e. The highest BCUT2D eigenvalue weighted by Crippen LogP contribution is 2.28. The molecular weight excluding hydrogens is 284 g/mol. The lowest BCUT2D eigenvalue weighted by Crippen LogP contribution is -2.47. The molecule has 0 radical (unpaired) electrons. The summed E-state index contributed by atoms with van der Waals surface area (Å²) in [5.41, 5.74) is 8.64. The number of rotatable bonds is 4. The topological polar surface area (TPSA) is 46.3 Å². The van der Waals surface area contributed by atoms with Crippen LogP contribution in [0.4, 0.5) is 0 Å². The quantitative estimate of drug-likeness (QED) is 0.944. The highest BCUT2D eigenvalue weighted by molar-refractivity contribution is 5.82. The fourth-order valence-electron chi connectivity index (χ4n) is 3.35. The van der Waals surface area contributed by atoms with E-state index >= 15 is 0 Å². The Bertz CT molecular complexity index is 619. The van der Waals surface area contributed by atoms with Crippen molar-refractivity contribution in [2.24, 2.45) is 5.73 Å². The number of nitrogens with zero attached hydrogens (tertiary/aromatic N) is 1. The molecule has 1 atom stereocenters. The van der Waals surface area contributed by atoms with E-state index in [0.29, 0.717) is 12.3 Å². The van der Waals surface area contributed by atoms with Crippen molar-refractivity contribution in [1.82, 2.24) is 4.90 Å². The van der Waals surface area contributed by atoms with Crippen LogP contribution in [0.15, 0.2) is 60.7 Å². The number of piperidine rings is 1. The largest absolute Gasteiger partial charge is 0.341 e. The molecule has 0 spiro atoms. The molecule has 0 bridgehead atoms.